The van der Waals surface area contributed by atoms with Gasteiger partial charge in [-0.05, 0) is 51.7 Å². The fraction of sp³-hybridized carbons (Fsp3) is 1.00. The number of nitrogens with zero attached hydrogens (tertiary/aromatic N) is 1. The lowest BCUT2D eigenvalue weighted by Gasteiger charge is -2.40. The summed E-state index contributed by atoms with van der Waals surface area (Å²) in [7, 11) is 0. The molecule has 10 atom stereocenters. The molecule has 308 valence electrons. The topological polar surface area (TPSA) is 167 Å². The maximum absolute atomic E-state index is 11.4. The summed E-state index contributed by atoms with van der Waals surface area (Å²) in [5.74, 6) is -0.560. The van der Waals surface area contributed by atoms with E-state index in [1.807, 2.05) is 0 Å². The van der Waals surface area contributed by atoms with Gasteiger partial charge < -0.3 is 45.0 Å². The molecule has 0 saturated carbocycles. The third-order valence-electron chi connectivity index (χ3n) is 11.9. The van der Waals surface area contributed by atoms with Crippen LogP contribution in [0.15, 0.2) is 0 Å². The highest BCUT2D eigenvalue weighted by atomic mass is 16.7. The van der Waals surface area contributed by atoms with Gasteiger partial charge in [0, 0.05) is 18.5 Å². The molecule has 0 aromatic carbocycles. The first-order valence-corrected chi connectivity index (χ1v) is 21.9. The van der Waals surface area contributed by atoms with E-state index in [-0.39, 0.29) is 18.8 Å². The highest BCUT2D eigenvalue weighted by Gasteiger charge is 2.45. The van der Waals surface area contributed by atoms with Crippen LogP contribution in [0.25, 0.3) is 0 Å². The van der Waals surface area contributed by atoms with Crippen molar-refractivity contribution >= 4 is 0 Å². The first kappa shape index (κ1) is 45.9. The monoisotopic (exact) mass is 744 g/mol. The van der Waals surface area contributed by atoms with Crippen LogP contribution >= 0.6 is 0 Å². The molecule has 0 radical (unpaired) electrons. The van der Waals surface area contributed by atoms with Gasteiger partial charge in [0.2, 0.25) is 0 Å². The van der Waals surface area contributed by atoms with Crippen molar-refractivity contribution in [3.05, 3.63) is 0 Å². The second kappa shape index (κ2) is 28.0. The van der Waals surface area contributed by atoms with Gasteiger partial charge in [0.1, 0.15) is 24.4 Å². The highest BCUT2D eigenvalue weighted by molar-refractivity contribution is 4.93. The molecule has 7 unspecified atom stereocenters. The zero-order chi connectivity index (χ0) is 37.4. The molecule has 52 heavy (non-hydrogen) atoms. The van der Waals surface area contributed by atoms with Crippen molar-refractivity contribution in [2.45, 2.75) is 216 Å². The fourth-order valence-corrected chi connectivity index (χ4v) is 8.35. The third kappa shape index (κ3) is 17.6. The number of hydrogen-bond acceptors (Lipinski definition) is 11. The molecule has 0 aliphatic carbocycles. The van der Waals surface area contributed by atoms with Crippen LogP contribution < -0.4 is 10.6 Å². The molecule has 3 aliphatic rings. The first-order valence-electron chi connectivity index (χ1n) is 21.9. The van der Waals surface area contributed by atoms with Gasteiger partial charge in [0.15, 0.2) is 6.29 Å². The normalized spacial score (nSPS) is 28.8. The summed E-state index contributed by atoms with van der Waals surface area (Å²) in [5.41, 5.74) is 0. The van der Waals surface area contributed by atoms with E-state index in [1.54, 1.807) is 0 Å². The zero-order valence-electron chi connectivity index (χ0n) is 32.9. The highest BCUT2D eigenvalue weighted by Crippen LogP contribution is 2.26. The Morgan fingerprint density at radius 3 is 1.87 bits per heavy atom. The van der Waals surface area contributed by atoms with Gasteiger partial charge in [0.25, 0.3) is 0 Å². The summed E-state index contributed by atoms with van der Waals surface area (Å²) < 4.78 is 11.5. The minimum Gasteiger partial charge on any atom is -0.394 e. The number of unbranched alkanes of at least 4 members (excludes halogenated alkanes) is 18. The van der Waals surface area contributed by atoms with E-state index in [1.165, 1.54) is 135 Å². The molecule has 3 rings (SSSR count). The quantitative estimate of drug-likeness (QED) is 0.0463. The van der Waals surface area contributed by atoms with E-state index >= 15 is 0 Å². The van der Waals surface area contributed by atoms with Gasteiger partial charge in [-0.25, -0.2) is 0 Å². The van der Waals surface area contributed by atoms with Crippen LogP contribution in [-0.4, -0.2) is 130 Å². The Hall–Kier alpha value is -0.440. The number of hydrogen-bond donors (Lipinski definition) is 8. The molecule has 0 amide bonds. The Balaban J connectivity index is 1.37. The van der Waals surface area contributed by atoms with Crippen LogP contribution in [0.5, 0.6) is 0 Å². The van der Waals surface area contributed by atoms with Gasteiger partial charge in [-0.15, -0.1) is 0 Å². The standard InChI is InChI=1S/C41H81N3O8/c1-2-3-4-5-6-7-8-9-10-14-17-20-25-34(46)36(47)33(31-51-41-39(50)38(49)37(48)35(30-45)52-41)40-42-29-32(43-40)24-19-16-13-11-12-15-18-21-26-44-27-22-23-28-44/h32-43,45-50H,2-31H2,1H3/t32?,33-,34+,35?,36-,37?,38?,39?,40?,41?/m0/s1. The molecule has 11 heteroatoms. The maximum Gasteiger partial charge on any atom is 0.186 e. The molecule has 8 N–H and O–H groups in total. The SMILES string of the molecule is CCCCCCCCCCCCCC[C@@H](O)[C@@H](O)[C@H](COC1OC(CO)C(O)C(O)C1O)C1NCC(CCCCCCCCCCN2CCCC2)N1. The predicted octanol–water partition coefficient (Wildman–Crippen LogP) is 4.73. The average molecular weight is 744 g/mol. The summed E-state index contributed by atoms with van der Waals surface area (Å²) in [4.78, 5) is 2.61. The van der Waals surface area contributed by atoms with Crippen molar-refractivity contribution in [2.75, 3.05) is 39.4 Å². The lowest BCUT2D eigenvalue weighted by Crippen LogP contribution is -2.60. The Morgan fingerprint density at radius 2 is 1.27 bits per heavy atom. The third-order valence-corrected chi connectivity index (χ3v) is 11.9. The molecule has 0 aromatic rings. The van der Waals surface area contributed by atoms with E-state index in [0.29, 0.717) is 6.42 Å². The molecule has 3 aliphatic heterocycles. The van der Waals surface area contributed by atoms with Crippen molar-refractivity contribution in [3.8, 4) is 0 Å². The molecular weight excluding hydrogens is 662 g/mol. The zero-order valence-corrected chi connectivity index (χ0v) is 32.9. The number of nitrogens with one attached hydrogen (secondary N) is 2. The molecule has 3 fully saturated rings. The van der Waals surface area contributed by atoms with E-state index in [0.717, 1.165) is 38.6 Å². The Bertz CT molecular complexity index is 853. The van der Waals surface area contributed by atoms with Crippen molar-refractivity contribution in [1.82, 2.24) is 15.5 Å². The van der Waals surface area contributed by atoms with E-state index in [2.05, 4.69) is 22.5 Å². The Labute approximate surface area is 316 Å². The summed E-state index contributed by atoms with van der Waals surface area (Å²) in [6.07, 6.45) is 20.0. The molecule has 3 saturated heterocycles. The van der Waals surface area contributed by atoms with Gasteiger partial charge in [0.05, 0.1) is 31.6 Å². The number of aliphatic hydroxyl groups excluding tert-OH is 6. The van der Waals surface area contributed by atoms with Crippen LogP contribution in [-0.2, 0) is 9.47 Å². The van der Waals surface area contributed by atoms with E-state index in [9.17, 15) is 30.6 Å². The second-order valence-electron chi connectivity index (χ2n) is 16.3. The lowest BCUT2D eigenvalue weighted by molar-refractivity contribution is -0.305. The van der Waals surface area contributed by atoms with Crippen LogP contribution in [0.4, 0.5) is 0 Å². The molecule has 0 bridgehead atoms. The molecule has 0 spiro atoms. The minimum atomic E-state index is -1.54. The van der Waals surface area contributed by atoms with Gasteiger partial charge in [-0.1, -0.05) is 129 Å². The predicted molar refractivity (Wildman–Crippen MR) is 207 cm³/mol. The summed E-state index contributed by atoms with van der Waals surface area (Å²) in [5, 5.41) is 70.3. The van der Waals surface area contributed by atoms with Gasteiger partial charge in [-0.3, -0.25) is 10.6 Å². The number of rotatable bonds is 31. The lowest BCUT2D eigenvalue weighted by atomic mass is 9.92. The molecule has 3 heterocycles. The van der Waals surface area contributed by atoms with Crippen molar-refractivity contribution < 1.29 is 40.1 Å². The van der Waals surface area contributed by atoms with E-state index in [4.69, 9.17) is 9.47 Å². The summed E-state index contributed by atoms with van der Waals surface area (Å²) in [6.45, 7) is 6.27. The fourth-order valence-electron chi connectivity index (χ4n) is 8.35. The smallest absolute Gasteiger partial charge is 0.186 e. The van der Waals surface area contributed by atoms with Crippen molar-refractivity contribution in [1.29, 1.82) is 0 Å². The van der Waals surface area contributed by atoms with Gasteiger partial charge in [-0.2, -0.15) is 0 Å². The number of aliphatic hydroxyl groups is 6. The minimum absolute atomic E-state index is 0.0607. The molecule has 11 nitrogen and oxygen atoms in total. The van der Waals surface area contributed by atoms with Crippen LogP contribution in [0, 0.1) is 5.92 Å². The van der Waals surface area contributed by atoms with Gasteiger partial charge >= 0.3 is 0 Å². The Kier molecular flexibility index (Phi) is 24.8. The number of likely N-dealkylation sites (tertiary alicyclic amines) is 1. The largest absolute Gasteiger partial charge is 0.394 e. The maximum atomic E-state index is 11.4. The number of ether oxygens (including phenoxy) is 2. The van der Waals surface area contributed by atoms with Crippen molar-refractivity contribution in [2.24, 2.45) is 5.92 Å². The van der Waals surface area contributed by atoms with Crippen LogP contribution in [0.3, 0.4) is 0 Å². The second-order valence-corrected chi connectivity index (χ2v) is 16.3. The molecular formula is C41H81N3O8. The van der Waals surface area contributed by atoms with E-state index < -0.39 is 55.4 Å². The first-order chi connectivity index (χ1) is 25.3. The summed E-state index contributed by atoms with van der Waals surface area (Å²) in [6, 6.07) is 0.242. The Morgan fingerprint density at radius 1 is 0.712 bits per heavy atom. The van der Waals surface area contributed by atoms with Crippen LogP contribution in [0.1, 0.15) is 161 Å². The van der Waals surface area contributed by atoms with Crippen LogP contribution in [0.2, 0.25) is 0 Å². The average Bonchev–Trinajstić information content (AvgIpc) is 3.85. The molecule has 0 aromatic heterocycles. The summed E-state index contributed by atoms with van der Waals surface area (Å²) >= 11 is 0. The van der Waals surface area contributed by atoms with Crippen molar-refractivity contribution in [3.63, 3.8) is 0 Å².